The maximum Gasteiger partial charge on any atom is 0.335 e. The molecule has 1 aromatic rings. The first-order valence-electron chi connectivity index (χ1n) is 4.39. The van der Waals surface area contributed by atoms with Gasteiger partial charge in [0.2, 0.25) is 0 Å². The number of halogens is 1. The second-order valence-electron chi connectivity index (χ2n) is 3.12. The van der Waals surface area contributed by atoms with E-state index >= 15 is 0 Å². The minimum Gasteiger partial charge on any atom is -0.495 e. The molecule has 88 valence electrons. The Labute approximate surface area is 96.9 Å². The van der Waals surface area contributed by atoms with E-state index in [9.17, 15) is 9.90 Å². The lowest BCUT2D eigenvalue weighted by molar-refractivity contribution is -0.153. The molecule has 0 saturated heterocycles. The van der Waals surface area contributed by atoms with Crippen LogP contribution < -0.4 is 4.74 Å². The number of aliphatic hydroxyl groups is 2. The van der Waals surface area contributed by atoms with E-state index in [0.29, 0.717) is 10.8 Å². The number of ether oxygens (including phenoxy) is 1. The first-order valence-corrected chi connectivity index (χ1v) is 4.77. The SMILES string of the molecule is COc1cc(C(O)C(O)C(=O)O)ccc1Cl. The molecule has 0 fully saturated rings. The van der Waals surface area contributed by atoms with Crippen LogP contribution in [0.1, 0.15) is 11.7 Å². The lowest BCUT2D eigenvalue weighted by Crippen LogP contribution is -2.27. The third-order valence-corrected chi connectivity index (χ3v) is 2.38. The Kier molecular flexibility index (Phi) is 4.12. The number of hydrogen-bond acceptors (Lipinski definition) is 4. The Balaban J connectivity index is 3.00. The van der Waals surface area contributed by atoms with Crippen molar-refractivity contribution < 1.29 is 24.9 Å². The Morgan fingerprint density at radius 1 is 1.44 bits per heavy atom. The zero-order valence-electron chi connectivity index (χ0n) is 8.42. The van der Waals surface area contributed by atoms with Crippen molar-refractivity contribution >= 4 is 17.6 Å². The summed E-state index contributed by atoms with van der Waals surface area (Å²) in [5.74, 6) is -1.20. The van der Waals surface area contributed by atoms with Gasteiger partial charge in [0, 0.05) is 0 Å². The number of carboxylic acid groups (broad SMARTS) is 1. The monoisotopic (exact) mass is 246 g/mol. The Hall–Kier alpha value is -1.30. The predicted octanol–water partition coefficient (Wildman–Crippen LogP) is 0.827. The van der Waals surface area contributed by atoms with Gasteiger partial charge in [0.15, 0.2) is 6.10 Å². The van der Waals surface area contributed by atoms with Gasteiger partial charge in [0.1, 0.15) is 11.9 Å². The number of carbonyl (C=O) groups is 1. The van der Waals surface area contributed by atoms with Gasteiger partial charge in [-0.2, -0.15) is 0 Å². The second kappa shape index (κ2) is 5.16. The molecule has 0 aromatic heterocycles. The first-order chi connectivity index (χ1) is 7.47. The van der Waals surface area contributed by atoms with Crippen LogP contribution in [-0.2, 0) is 4.79 Å². The van der Waals surface area contributed by atoms with Crippen molar-refractivity contribution in [2.24, 2.45) is 0 Å². The summed E-state index contributed by atoms with van der Waals surface area (Å²) in [5, 5.41) is 27.6. The van der Waals surface area contributed by atoms with Crippen molar-refractivity contribution in [2.45, 2.75) is 12.2 Å². The molecular weight excluding hydrogens is 236 g/mol. The average molecular weight is 247 g/mol. The molecule has 0 radical (unpaired) electrons. The third kappa shape index (κ3) is 2.63. The molecule has 0 saturated carbocycles. The Bertz CT molecular complexity index is 393. The molecule has 2 atom stereocenters. The summed E-state index contributed by atoms with van der Waals surface area (Å²) in [5.41, 5.74) is 0.219. The predicted molar refractivity (Wildman–Crippen MR) is 56.6 cm³/mol. The quantitative estimate of drug-likeness (QED) is 0.732. The number of aliphatic carboxylic acids is 1. The summed E-state index contributed by atoms with van der Waals surface area (Å²) >= 11 is 5.76. The van der Waals surface area contributed by atoms with Gasteiger partial charge in [0.05, 0.1) is 12.1 Å². The normalized spacial score (nSPS) is 14.2. The molecule has 16 heavy (non-hydrogen) atoms. The molecule has 0 heterocycles. The molecule has 0 aliphatic carbocycles. The van der Waals surface area contributed by atoms with E-state index in [1.54, 1.807) is 0 Å². The largest absolute Gasteiger partial charge is 0.495 e. The van der Waals surface area contributed by atoms with Crippen LogP contribution in [0, 0.1) is 0 Å². The van der Waals surface area contributed by atoms with Crippen LogP contribution >= 0.6 is 11.6 Å². The van der Waals surface area contributed by atoms with E-state index < -0.39 is 18.2 Å². The summed E-state index contributed by atoms with van der Waals surface area (Å²) in [6.07, 6.45) is -3.41. The van der Waals surface area contributed by atoms with Crippen LogP contribution in [0.2, 0.25) is 5.02 Å². The number of methoxy groups -OCH3 is 1. The van der Waals surface area contributed by atoms with Gasteiger partial charge in [-0.25, -0.2) is 4.79 Å². The molecular formula is C10H11ClO5. The Morgan fingerprint density at radius 3 is 2.56 bits per heavy atom. The second-order valence-corrected chi connectivity index (χ2v) is 3.53. The summed E-state index contributed by atoms with van der Waals surface area (Å²) in [7, 11) is 1.39. The summed E-state index contributed by atoms with van der Waals surface area (Å²) in [6.45, 7) is 0. The van der Waals surface area contributed by atoms with E-state index in [1.807, 2.05) is 0 Å². The highest BCUT2D eigenvalue weighted by Crippen LogP contribution is 2.28. The molecule has 1 aromatic carbocycles. The highest BCUT2D eigenvalue weighted by atomic mass is 35.5. The van der Waals surface area contributed by atoms with E-state index in [4.69, 9.17) is 26.6 Å². The smallest absolute Gasteiger partial charge is 0.335 e. The number of benzene rings is 1. The number of carboxylic acids is 1. The van der Waals surface area contributed by atoms with Crippen molar-refractivity contribution in [1.29, 1.82) is 0 Å². The van der Waals surface area contributed by atoms with Crippen LogP contribution in [0.5, 0.6) is 5.75 Å². The highest BCUT2D eigenvalue weighted by molar-refractivity contribution is 6.32. The van der Waals surface area contributed by atoms with Gasteiger partial charge in [-0.15, -0.1) is 0 Å². The van der Waals surface area contributed by atoms with Crippen LogP contribution in [-0.4, -0.2) is 34.5 Å². The lowest BCUT2D eigenvalue weighted by atomic mass is 10.0. The summed E-state index contributed by atoms with van der Waals surface area (Å²) < 4.78 is 4.90. The minimum absolute atomic E-state index is 0.219. The molecule has 6 heteroatoms. The molecule has 2 unspecified atom stereocenters. The fraction of sp³-hybridized carbons (Fsp3) is 0.300. The Morgan fingerprint density at radius 2 is 2.06 bits per heavy atom. The van der Waals surface area contributed by atoms with E-state index in [2.05, 4.69) is 0 Å². The highest BCUT2D eigenvalue weighted by Gasteiger charge is 2.25. The summed E-state index contributed by atoms with van der Waals surface area (Å²) in [6, 6.07) is 4.24. The van der Waals surface area contributed by atoms with Gasteiger partial charge < -0.3 is 20.1 Å². The lowest BCUT2D eigenvalue weighted by Gasteiger charge is -2.15. The van der Waals surface area contributed by atoms with Gasteiger partial charge in [-0.05, 0) is 17.7 Å². The van der Waals surface area contributed by atoms with Crippen LogP contribution in [0.3, 0.4) is 0 Å². The van der Waals surface area contributed by atoms with Gasteiger partial charge in [-0.3, -0.25) is 0 Å². The topological polar surface area (TPSA) is 87.0 Å². The van der Waals surface area contributed by atoms with Crippen molar-refractivity contribution in [3.63, 3.8) is 0 Å². The van der Waals surface area contributed by atoms with E-state index in [-0.39, 0.29) is 5.56 Å². The van der Waals surface area contributed by atoms with E-state index in [1.165, 1.54) is 25.3 Å². The van der Waals surface area contributed by atoms with Crippen LogP contribution in [0.25, 0.3) is 0 Å². The van der Waals surface area contributed by atoms with E-state index in [0.717, 1.165) is 0 Å². The van der Waals surface area contributed by atoms with Crippen molar-refractivity contribution in [3.8, 4) is 5.75 Å². The minimum atomic E-state index is -1.88. The molecule has 0 aliphatic heterocycles. The van der Waals surface area contributed by atoms with Crippen molar-refractivity contribution in [3.05, 3.63) is 28.8 Å². The first kappa shape index (κ1) is 12.8. The zero-order valence-corrected chi connectivity index (χ0v) is 9.18. The van der Waals surface area contributed by atoms with Gasteiger partial charge in [-0.1, -0.05) is 17.7 Å². The molecule has 0 aliphatic rings. The average Bonchev–Trinajstić information content (AvgIpc) is 2.27. The van der Waals surface area contributed by atoms with Crippen LogP contribution in [0.4, 0.5) is 0 Å². The van der Waals surface area contributed by atoms with Gasteiger partial charge in [0.25, 0.3) is 0 Å². The fourth-order valence-corrected chi connectivity index (χ4v) is 1.37. The number of hydrogen-bond donors (Lipinski definition) is 3. The molecule has 3 N–H and O–H groups in total. The maximum absolute atomic E-state index is 10.5. The molecule has 0 spiro atoms. The third-order valence-electron chi connectivity index (χ3n) is 2.07. The van der Waals surface area contributed by atoms with Crippen molar-refractivity contribution in [1.82, 2.24) is 0 Å². The number of rotatable bonds is 4. The van der Waals surface area contributed by atoms with Gasteiger partial charge >= 0.3 is 5.97 Å². The fourth-order valence-electron chi connectivity index (χ4n) is 1.18. The summed E-state index contributed by atoms with van der Waals surface area (Å²) in [4.78, 5) is 10.5. The molecule has 1 rings (SSSR count). The molecule has 0 amide bonds. The van der Waals surface area contributed by atoms with Crippen LogP contribution in [0.15, 0.2) is 18.2 Å². The zero-order chi connectivity index (χ0) is 12.3. The van der Waals surface area contributed by atoms with Crippen molar-refractivity contribution in [2.75, 3.05) is 7.11 Å². The maximum atomic E-state index is 10.5. The molecule has 5 nitrogen and oxygen atoms in total. The molecule has 0 bridgehead atoms. The standard InChI is InChI=1S/C10H11ClO5/c1-16-7-4-5(2-3-6(7)11)8(12)9(13)10(14)15/h2-4,8-9,12-13H,1H3,(H,14,15). The number of aliphatic hydroxyl groups excluding tert-OH is 2.